The number of hydrogen-bond donors (Lipinski definition) is 0. The zero-order chi connectivity index (χ0) is 22.1. The third-order valence-electron chi connectivity index (χ3n) is 6.01. The van der Waals surface area contributed by atoms with Gasteiger partial charge in [0.15, 0.2) is 0 Å². The molecule has 3 rings (SSSR count). The molecule has 2 N–H and O–H groups in total. The number of carbonyl (C=O) groups excluding carboxylic acids is 1. The van der Waals surface area contributed by atoms with E-state index in [1.54, 1.807) is 0 Å². The van der Waals surface area contributed by atoms with Crippen LogP contribution in [0.25, 0.3) is 5.52 Å². The average molecular weight is 473 g/mol. The van der Waals surface area contributed by atoms with E-state index in [-0.39, 0.29) is 23.7 Å². The van der Waals surface area contributed by atoms with E-state index in [1.165, 1.54) is 31.5 Å². The number of aryl methyl sites for hydroxylation is 2. The van der Waals surface area contributed by atoms with Crippen molar-refractivity contribution >= 4 is 23.7 Å². The number of ketones is 1. The lowest BCUT2D eigenvalue weighted by molar-refractivity contribution is 0.103. The molecule has 2 heterocycles. The first-order chi connectivity index (χ1) is 15.2. The quantitative estimate of drug-likeness (QED) is 0.279. The molecule has 0 aliphatic rings. The van der Waals surface area contributed by atoms with Crippen LogP contribution in [-0.4, -0.2) is 40.2 Å². The molecule has 1 aromatic carbocycles. The molecule has 3 aromatic rings. The van der Waals surface area contributed by atoms with Gasteiger partial charge in [0.25, 0.3) is 0 Å². The van der Waals surface area contributed by atoms with Gasteiger partial charge in [0.1, 0.15) is 0 Å². The summed E-state index contributed by atoms with van der Waals surface area (Å²) in [5.41, 5.74) is 5.18. The molecule has 2 aromatic heterocycles. The number of halogens is 1. The first-order valence-electron chi connectivity index (χ1n) is 12.1. The van der Waals surface area contributed by atoms with Crippen LogP contribution in [0.4, 0.5) is 0 Å². The van der Waals surface area contributed by atoms with Crippen LogP contribution in [0.2, 0.25) is 0 Å². The summed E-state index contributed by atoms with van der Waals surface area (Å²) in [7, 11) is 0. The molecule has 0 amide bonds. The molecular formula is C28H41ClN2O2. The van der Waals surface area contributed by atoms with E-state index in [9.17, 15) is 4.79 Å². The number of benzene rings is 1. The molecule has 0 spiro atoms. The maximum Gasteiger partial charge on any atom is 0.210 e. The van der Waals surface area contributed by atoms with Gasteiger partial charge < -0.3 is 14.8 Å². The van der Waals surface area contributed by atoms with Crippen molar-refractivity contribution in [1.29, 1.82) is 0 Å². The highest BCUT2D eigenvalue weighted by Crippen LogP contribution is 2.22. The van der Waals surface area contributed by atoms with Crippen molar-refractivity contribution < 1.29 is 10.3 Å². The molecule has 0 aliphatic carbocycles. The SMILES string of the molecule is CCCCc1cc2ccccn2c1C(=O)c1ccc(CCCN(CCC)CCC)cc1.Cl.O. The van der Waals surface area contributed by atoms with Gasteiger partial charge in [-0.25, -0.2) is 0 Å². The Bertz CT molecular complexity index is 960. The van der Waals surface area contributed by atoms with Gasteiger partial charge in [-0.15, -0.1) is 12.4 Å². The normalized spacial score (nSPS) is 10.8. The number of rotatable bonds is 13. The fourth-order valence-corrected chi connectivity index (χ4v) is 4.43. The van der Waals surface area contributed by atoms with Crippen LogP contribution in [0.1, 0.15) is 80.1 Å². The van der Waals surface area contributed by atoms with Gasteiger partial charge in [-0.2, -0.15) is 0 Å². The molecule has 5 heteroatoms. The van der Waals surface area contributed by atoms with Gasteiger partial charge in [0.05, 0.1) is 5.69 Å². The van der Waals surface area contributed by atoms with E-state index >= 15 is 0 Å². The minimum Gasteiger partial charge on any atom is -0.412 e. The standard InChI is InChI=1S/C28H38N2O.ClH.H2O/c1-4-7-12-25-22-26-13-8-9-21-30(26)27(25)28(31)24-16-14-23(15-17-24)11-10-20-29(18-5-2)19-6-3;;/h8-9,13-17,21-22H,4-7,10-12,18-20H2,1-3H3;1H;1H2. The van der Waals surface area contributed by atoms with Gasteiger partial charge in [0.2, 0.25) is 5.78 Å². The highest BCUT2D eigenvalue weighted by molar-refractivity contribution is 6.09. The van der Waals surface area contributed by atoms with Crippen molar-refractivity contribution in [3.63, 3.8) is 0 Å². The van der Waals surface area contributed by atoms with Gasteiger partial charge in [-0.1, -0.05) is 57.5 Å². The average Bonchev–Trinajstić information content (AvgIpc) is 3.16. The molecule has 0 radical (unpaired) electrons. The third-order valence-corrected chi connectivity index (χ3v) is 6.01. The second kappa shape index (κ2) is 14.9. The van der Waals surface area contributed by atoms with E-state index < -0.39 is 0 Å². The van der Waals surface area contributed by atoms with Crippen LogP contribution in [0.15, 0.2) is 54.7 Å². The molecule has 0 saturated heterocycles. The van der Waals surface area contributed by atoms with E-state index in [1.807, 2.05) is 30.5 Å². The molecule has 0 saturated carbocycles. The molecule has 4 nitrogen and oxygen atoms in total. The Morgan fingerprint density at radius 2 is 1.55 bits per heavy atom. The lowest BCUT2D eigenvalue weighted by Crippen LogP contribution is -2.26. The van der Waals surface area contributed by atoms with Crippen LogP contribution < -0.4 is 0 Å². The summed E-state index contributed by atoms with van der Waals surface area (Å²) >= 11 is 0. The number of hydrogen-bond acceptors (Lipinski definition) is 2. The van der Waals surface area contributed by atoms with Crippen molar-refractivity contribution in [2.24, 2.45) is 0 Å². The number of aromatic nitrogens is 1. The Morgan fingerprint density at radius 3 is 2.18 bits per heavy atom. The molecule has 0 atom stereocenters. The second-order valence-corrected chi connectivity index (χ2v) is 8.59. The molecular weight excluding hydrogens is 432 g/mol. The maximum absolute atomic E-state index is 13.4. The lowest BCUT2D eigenvalue weighted by atomic mass is 10.00. The Balaban J connectivity index is 0.00000272. The van der Waals surface area contributed by atoms with Crippen LogP contribution in [0, 0.1) is 0 Å². The van der Waals surface area contributed by atoms with Crippen molar-refractivity contribution in [3.8, 4) is 0 Å². The van der Waals surface area contributed by atoms with Crippen LogP contribution in [0.3, 0.4) is 0 Å². The van der Waals surface area contributed by atoms with Gasteiger partial charge in [0, 0.05) is 17.3 Å². The number of fused-ring (bicyclic) bond motifs is 1. The molecule has 0 aliphatic heterocycles. The first-order valence-corrected chi connectivity index (χ1v) is 12.1. The fraction of sp³-hybridized carbons (Fsp3) is 0.464. The van der Waals surface area contributed by atoms with Crippen LogP contribution in [-0.2, 0) is 12.8 Å². The number of carbonyl (C=O) groups is 1. The summed E-state index contributed by atoms with van der Waals surface area (Å²) in [5.74, 6) is 0.126. The predicted octanol–water partition coefficient (Wildman–Crippen LogP) is 6.16. The van der Waals surface area contributed by atoms with Crippen molar-refractivity contribution in [3.05, 3.63) is 77.1 Å². The van der Waals surface area contributed by atoms with E-state index in [2.05, 4.69) is 54.3 Å². The Morgan fingerprint density at radius 1 is 0.848 bits per heavy atom. The summed E-state index contributed by atoms with van der Waals surface area (Å²) in [6.07, 6.45) is 9.84. The van der Waals surface area contributed by atoms with E-state index in [0.29, 0.717) is 0 Å². The van der Waals surface area contributed by atoms with Gasteiger partial charge >= 0.3 is 0 Å². The molecule has 182 valence electrons. The molecule has 0 bridgehead atoms. The Kier molecular flexibility index (Phi) is 13.0. The fourth-order valence-electron chi connectivity index (χ4n) is 4.43. The highest BCUT2D eigenvalue weighted by atomic mass is 35.5. The third kappa shape index (κ3) is 7.70. The van der Waals surface area contributed by atoms with Gasteiger partial charge in [-0.05, 0) is 87.5 Å². The van der Waals surface area contributed by atoms with Crippen LogP contribution in [0.5, 0.6) is 0 Å². The summed E-state index contributed by atoms with van der Waals surface area (Å²) in [6, 6.07) is 16.6. The minimum atomic E-state index is 0. The second-order valence-electron chi connectivity index (χ2n) is 8.59. The maximum atomic E-state index is 13.4. The van der Waals surface area contributed by atoms with Crippen molar-refractivity contribution in [2.75, 3.05) is 19.6 Å². The Hall–Kier alpha value is -2.14. The zero-order valence-electron chi connectivity index (χ0n) is 20.5. The molecule has 33 heavy (non-hydrogen) atoms. The first kappa shape index (κ1) is 28.9. The number of unbranched alkanes of at least 4 members (excludes halogenated alkanes) is 1. The number of nitrogens with zero attached hydrogens (tertiary/aromatic N) is 2. The van der Waals surface area contributed by atoms with Crippen LogP contribution >= 0.6 is 12.4 Å². The summed E-state index contributed by atoms with van der Waals surface area (Å²) in [6.45, 7) is 10.2. The number of pyridine rings is 1. The van der Waals surface area contributed by atoms with Crippen molar-refractivity contribution in [1.82, 2.24) is 9.30 Å². The molecule has 0 unspecified atom stereocenters. The highest BCUT2D eigenvalue weighted by Gasteiger charge is 2.18. The van der Waals surface area contributed by atoms with E-state index in [4.69, 9.17) is 0 Å². The molecule has 0 fully saturated rings. The lowest BCUT2D eigenvalue weighted by Gasteiger charge is -2.20. The summed E-state index contributed by atoms with van der Waals surface area (Å²) in [4.78, 5) is 16.0. The van der Waals surface area contributed by atoms with Gasteiger partial charge in [-0.3, -0.25) is 4.79 Å². The zero-order valence-corrected chi connectivity index (χ0v) is 21.3. The Labute approximate surface area is 205 Å². The predicted molar refractivity (Wildman–Crippen MR) is 142 cm³/mol. The summed E-state index contributed by atoms with van der Waals surface area (Å²) < 4.78 is 2.05. The monoisotopic (exact) mass is 472 g/mol. The summed E-state index contributed by atoms with van der Waals surface area (Å²) in [5, 5.41) is 0. The van der Waals surface area contributed by atoms with E-state index in [0.717, 1.165) is 61.0 Å². The topological polar surface area (TPSA) is 56.2 Å². The largest absolute Gasteiger partial charge is 0.412 e. The van der Waals surface area contributed by atoms with Crippen molar-refractivity contribution in [2.45, 2.75) is 65.7 Å². The minimum absolute atomic E-state index is 0. The smallest absolute Gasteiger partial charge is 0.210 e.